The summed E-state index contributed by atoms with van der Waals surface area (Å²) in [5.41, 5.74) is 2.20. The standard InChI is InChI=1S/C14H16N4O2/c1-15-14-17-7-11(8-18-14)6-16-5-10-2-3-12-13(4-10)20-9-19-12/h2-4,7-8,16H,5-6,9H2,1H3,(H,15,17,18). The topological polar surface area (TPSA) is 68.3 Å². The number of benzene rings is 1. The summed E-state index contributed by atoms with van der Waals surface area (Å²) in [6.07, 6.45) is 3.62. The van der Waals surface area contributed by atoms with Crippen molar-refractivity contribution >= 4 is 5.95 Å². The van der Waals surface area contributed by atoms with Gasteiger partial charge in [-0.25, -0.2) is 9.97 Å². The lowest BCUT2D eigenvalue weighted by Crippen LogP contribution is -2.13. The molecule has 0 bridgehead atoms. The van der Waals surface area contributed by atoms with E-state index in [0.29, 0.717) is 12.7 Å². The van der Waals surface area contributed by atoms with E-state index in [1.165, 1.54) is 0 Å². The van der Waals surface area contributed by atoms with Gasteiger partial charge in [0.1, 0.15) is 0 Å². The van der Waals surface area contributed by atoms with E-state index in [-0.39, 0.29) is 0 Å². The monoisotopic (exact) mass is 272 g/mol. The first-order valence-corrected chi connectivity index (χ1v) is 6.43. The molecule has 0 amide bonds. The van der Waals surface area contributed by atoms with Crippen molar-refractivity contribution in [2.75, 3.05) is 19.2 Å². The van der Waals surface area contributed by atoms with Gasteiger partial charge in [0, 0.05) is 38.1 Å². The van der Waals surface area contributed by atoms with Crippen molar-refractivity contribution in [2.24, 2.45) is 0 Å². The number of nitrogens with zero attached hydrogens (tertiary/aromatic N) is 2. The minimum absolute atomic E-state index is 0.307. The van der Waals surface area contributed by atoms with Crippen LogP contribution < -0.4 is 20.1 Å². The molecule has 0 radical (unpaired) electrons. The highest BCUT2D eigenvalue weighted by Crippen LogP contribution is 2.32. The molecule has 0 unspecified atom stereocenters. The van der Waals surface area contributed by atoms with Gasteiger partial charge in [-0.05, 0) is 17.7 Å². The van der Waals surface area contributed by atoms with Gasteiger partial charge in [-0.1, -0.05) is 6.07 Å². The minimum atomic E-state index is 0.307. The van der Waals surface area contributed by atoms with E-state index in [1.807, 2.05) is 30.6 Å². The third-order valence-electron chi connectivity index (χ3n) is 3.02. The molecule has 2 N–H and O–H groups in total. The molecule has 20 heavy (non-hydrogen) atoms. The third-order valence-corrected chi connectivity index (χ3v) is 3.02. The van der Waals surface area contributed by atoms with E-state index in [2.05, 4.69) is 20.6 Å². The lowest BCUT2D eigenvalue weighted by atomic mass is 10.2. The Morgan fingerprint density at radius 1 is 1.05 bits per heavy atom. The van der Waals surface area contributed by atoms with Gasteiger partial charge in [-0.2, -0.15) is 0 Å². The molecule has 104 valence electrons. The van der Waals surface area contributed by atoms with Gasteiger partial charge in [-0.15, -0.1) is 0 Å². The van der Waals surface area contributed by atoms with Crippen LogP contribution in [-0.2, 0) is 13.1 Å². The SMILES string of the molecule is CNc1ncc(CNCc2ccc3c(c2)OCO3)cn1. The average Bonchev–Trinajstić information content (AvgIpc) is 2.95. The Hall–Kier alpha value is -2.34. The summed E-state index contributed by atoms with van der Waals surface area (Å²) in [6, 6.07) is 5.96. The predicted molar refractivity (Wildman–Crippen MR) is 74.7 cm³/mol. The Morgan fingerprint density at radius 3 is 2.60 bits per heavy atom. The molecule has 2 aromatic rings. The van der Waals surface area contributed by atoms with Crippen LogP contribution in [0.1, 0.15) is 11.1 Å². The molecule has 1 aliphatic heterocycles. The van der Waals surface area contributed by atoms with Crippen LogP contribution in [-0.4, -0.2) is 23.8 Å². The van der Waals surface area contributed by atoms with E-state index in [4.69, 9.17) is 9.47 Å². The first-order chi connectivity index (χ1) is 9.85. The Morgan fingerprint density at radius 2 is 1.80 bits per heavy atom. The van der Waals surface area contributed by atoms with Crippen LogP contribution in [0.2, 0.25) is 0 Å². The number of ether oxygens (including phenoxy) is 2. The van der Waals surface area contributed by atoms with Crippen molar-refractivity contribution in [1.29, 1.82) is 0 Å². The summed E-state index contributed by atoms with van der Waals surface area (Å²) in [4.78, 5) is 8.34. The van der Waals surface area contributed by atoms with Crippen molar-refractivity contribution in [2.45, 2.75) is 13.1 Å². The van der Waals surface area contributed by atoms with Crippen molar-refractivity contribution in [3.8, 4) is 11.5 Å². The summed E-state index contributed by atoms with van der Waals surface area (Å²) in [6.45, 7) is 1.78. The zero-order valence-corrected chi connectivity index (χ0v) is 11.2. The number of nitrogens with one attached hydrogen (secondary N) is 2. The van der Waals surface area contributed by atoms with Gasteiger partial charge in [0.05, 0.1) is 0 Å². The molecule has 0 saturated carbocycles. The maximum Gasteiger partial charge on any atom is 0.231 e. The maximum absolute atomic E-state index is 5.35. The van der Waals surface area contributed by atoms with Crippen LogP contribution in [0.3, 0.4) is 0 Å². The molecule has 0 atom stereocenters. The Balaban J connectivity index is 1.54. The molecule has 0 spiro atoms. The van der Waals surface area contributed by atoms with Gasteiger partial charge < -0.3 is 20.1 Å². The average molecular weight is 272 g/mol. The molecule has 3 rings (SSSR count). The molecule has 1 aromatic heterocycles. The summed E-state index contributed by atoms with van der Waals surface area (Å²) < 4.78 is 10.6. The third kappa shape index (κ3) is 2.80. The highest BCUT2D eigenvalue weighted by molar-refractivity contribution is 5.44. The molecule has 0 fully saturated rings. The molecular formula is C14H16N4O2. The number of hydrogen-bond acceptors (Lipinski definition) is 6. The van der Waals surface area contributed by atoms with Gasteiger partial charge in [0.2, 0.25) is 12.7 Å². The normalized spacial score (nSPS) is 12.4. The van der Waals surface area contributed by atoms with Crippen molar-refractivity contribution in [3.63, 3.8) is 0 Å². The fraction of sp³-hybridized carbons (Fsp3) is 0.286. The molecule has 0 aliphatic carbocycles. The Bertz CT molecular complexity index is 586. The van der Waals surface area contributed by atoms with Crippen molar-refractivity contribution in [1.82, 2.24) is 15.3 Å². The molecular weight excluding hydrogens is 256 g/mol. The predicted octanol–water partition coefficient (Wildman–Crippen LogP) is 1.54. The fourth-order valence-corrected chi connectivity index (χ4v) is 1.98. The van der Waals surface area contributed by atoms with Gasteiger partial charge in [-0.3, -0.25) is 0 Å². The minimum Gasteiger partial charge on any atom is -0.454 e. The van der Waals surface area contributed by atoms with Crippen LogP contribution in [0.25, 0.3) is 0 Å². The second-order valence-corrected chi connectivity index (χ2v) is 4.46. The largest absolute Gasteiger partial charge is 0.454 e. The summed E-state index contributed by atoms with van der Waals surface area (Å²) >= 11 is 0. The first kappa shape index (κ1) is 12.7. The smallest absolute Gasteiger partial charge is 0.231 e. The number of rotatable bonds is 5. The number of fused-ring (bicyclic) bond motifs is 1. The van der Waals surface area contributed by atoms with Crippen LogP contribution in [0.5, 0.6) is 11.5 Å². The lowest BCUT2D eigenvalue weighted by Gasteiger charge is -2.06. The molecule has 1 aromatic carbocycles. The fourth-order valence-electron chi connectivity index (χ4n) is 1.98. The zero-order chi connectivity index (χ0) is 13.8. The molecule has 2 heterocycles. The second kappa shape index (κ2) is 5.75. The van der Waals surface area contributed by atoms with Gasteiger partial charge in [0.25, 0.3) is 0 Å². The van der Waals surface area contributed by atoms with E-state index in [0.717, 1.165) is 35.7 Å². The van der Waals surface area contributed by atoms with Crippen LogP contribution in [0, 0.1) is 0 Å². The second-order valence-electron chi connectivity index (χ2n) is 4.46. The maximum atomic E-state index is 5.35. The molecule has 0 saturated heterocycles. The first-order valence-electron chi connectivity index (χ1n) is 6.43. The zero-order valence-electron chi connectivity index (χ0n) is 11.2. The number of aromatic nitrogens is 2. The van der Waals surface area contributed by atoms with Crippen LogP contribution in [0.15, 0.2) is 30.6 Å². The molecule has 1 aliphatic rings. The lowest BCUT2D eigenvalue weighted by molar-refractivity contribution is 0.174. The summed E-state index contributed by atoms with van der Waals surface area (Å²) in [7, 11) is 1.80. The summed E-state index contributed by atoms with van der Waals surface area (Å²) in [5.74, 6) is 2.25. The quantitative estimate of drug-likeness (QED) is 0.860. The van der Waals surface area contributed by atoms with E-state index < -0.39 is 0 Å². The highest BCUT2D eigenvalue weighted by Gasteiger charge is 2.12. The van der Waals surface area contributed by atoms with E-state index in [1.54, 1.807) is 7.05 Å². The molecule has 6 heteroatoms. The van der Waals surface area contributed by atoms with Crippen LogP contribution in [0.4, 0.5) is 5.95 Å². The van der Waals surface area contributed by atoms with E-state index >= 15 is 0 Å². The van der Waals surface area contributed by atoms with Gasteiger partial charge in [0.15, 0.2) is 11.5 Å². The number of anilines is 1. The molecule has 6 nitrogen and oxygen atoms in total. The highest BCUT2D eigenvalue weighted by atomic mass is 16.7. The van der Waals surface area contributed by atoms with Gasteiger partial charge >= 0.3 is 0 Å². The van der Waals surface area contributed by atoms with Crippen LogP contribution >= 0.6 is 0 Å². The summed E-state index contributed by atoms with van der Waals surface area (Å²) in [5, 5.41) is 6.24. The van der Waals surface area contributed by atoms with Crippen molar-refractivity contribution in [3.05, 3.63) is 41.7 Å². The van der Waals surface area contributed by atoms with E-state index in [9.17, 15) is 0 Å². The Kier molecular flexibility index (Phi) is 3.64. The van der Waals surface area contributed by atoms with Crippen molar-refractivity contribution < 1.29 is 9.47 Å². The Labute approximate surface area is 117 Å². The number of hydrogen-bond donors (Lipinski definition) is 2.